The summed E-state index contributed by atoms with van der Waals surface area (Å²) in [6, 6.07) is 3.18. The van der Waals surface area contributed by atoms with E-state index in [1.54, 1.807) is 15.6 Å². The molecule has 1 amide bonds. The molecule has 122 valence electrons. The number of nitrogens with zero attached hydrogens (tertiary/aromatic N) is 3. The first-order valence-corrected chi connectivity index (χ1v) is 7.79. The monoisotopic (exact) mass is 336 g/mol. The fourth-order valence-corrected chi connectivity index (χ4v) is 2.78. The third-order valence-electron chi connectivity index (χ3n) is 3.93. The Morgan fingerprint density at radius 3 is 3.00 bits per heavy atom. The van der Waals surface area contributed by atoms with Gasteiger partial charge in [-0.05, 0) is 18.6 Å². The zero-order valence-corrected chi connectivity index (χ0v) is 13.4. The number of aromatic amines is 1. The lowest BCUT2D eigenvalue weighted by atomic mass is 10.2. The van der Waals surface area contributed by atoms with Crippen molar-refractivity contribution in [3.05, 3.63) is 50.7 Å². The summed E-state index contributed by atoms with van der Waals surface area (Å²) < 4.78 is 1.79. The fraction of sp³-hybridized carbons (Fsp3) is 0.400. The number of rotatable bonds is 3. The van der Waals surface area contributed by atoms with Crippen molar-refractivity contribution in [3.63, 3.8) is 0 Å². The summed E-state index contributed by atoms with van der Waals surface area (Å²) in [7, 11) is 0. The summed E-state index contributed by atoms with van der Waals surface area (Å²) in [6.45, 7) is 3.19. The molecule has 1 aliphatic rings. The molecule has 2 aromatic rings. The summed E-state index contributed by atoms with van der Waals surface area (Å²) in [4.78, 5) is 28.4. The lowest BCUT2D eigenvalue weighted by Gasteiger charge is -2.27. The number of carbonyl (C=O) groups excluding carboxylic acids is 1. The first kappa shape index (κ1) is 15.8. The smallest absolute Gasteiger partial charge is 0.260 e. The maximum atomic E-state index is 12.5. The van der Waals surface area contributed by atoms with Gasteiger partial charge in [0, 0.05) is 12.7 Å². The molecule has 1 aliphatic heterocycles. The predicted octanol–water partition coefficient (Wildman–Crippen LogP) is 1.32. The van der Waals surface area contributed by atoms with Crippen LogP contribution in [0.4, 0.5) is 0 Å². The van der Waals surface area contributed by atoms with Gasteiger partial charge >= 0.3 is 0 Å². The van der Waals surface area contributed by atoms with E-state index in [1.165, 1.54) is 12.3 Å². The molecule has 0 bridgehead atoms. The molecule has 0 aromatic carbocycles. The molecule has 2 N–H and O–H groups in total. The number of fused-ring (bicyclic) bond motifs is 1. The van der Waals surface area contributed by atoms with E-state index in [0.717, 1.165) is 5.69 Å². The quantitative estimate of drug-likeness (QED) is 0.884. The number of halogens is 1. The Balaban J connectivity index is 1.84. The predicted molar refractivity (Wildman–Crippen MR) is 84.3 cm³/mol. The van der Waals surface area contributed by atoms with Gasteiger partial charge in [0.05, 0.1) is 35.6 Å². The zero-order chi connectivity index (χ0) is 16.6. The van der Waals surface area contributed by atoms with Crippen molar-refractivity contribution in [1.29, 1.82) is 0 Å². The van der Waals surface area contributed by atoms with Crippen LogP contribution in [0, 0.1) is 0 Å². The van der Waals surface area contributed by atoms with Crippen LogP contribution in [0.25, 0.3) is 0 Å². The van der Waals surface area contributed by atoms with Gasteiger partial charge in [-0.25, -0.2) is 0 Å². The van der Waals surface area contributed by atoms with E-state index in [1.807, 2.05) is 6.92 Å². The Morgan fingerprint density at radius 1 is 1.48 bits per heavy atom. The molecule has 3 rings (SSSR count). The minimum Gasteiger partial charge on any atom is -0.387 e. The van der Waals surface area contributed by atoms with E-state index in [4.69, 9.17) is 11.6 Å². The van der Waals surface area contributed by atoms with Crippen LogP contribution in [-0.4, -0.2) is 37.2 Å². The second-order valence-electron chi connectivity index (χ2n) is 5.50. The molecule has 0 spiro atoms. The summed E-state index contributed by atoms with van der Waals surface area (Å²) in [6.07, 6.45) is 1.33. The van der Waals surface area contributed by atoms with Crippen LogP contribution in [0.15, 0.2) is 23.1 Å². The second kappa shape index (κ2) is 6.17. The van der Waals surface area contributed by atoms with Crippen LogP contribution < -0.4 is 5.56 Å². The summed E-state index contributed by atoms with van der Waals surface area (Å²) in [5.74, 6) is -0.362. The number of nitrogens with one attached hydrogen (secondary N) is 1. The maximum Gasteiger partial charge on any atom is 0.260 e. The van der Waals surface area contributed by atoms with Gasteiger partial charge in [0.1, 0.15) is 5.56 Å². The lowest BCUT2D eigenvalue weighted by molar-refractivity contribution is 0.0704. The van der Waals surface area contributed by atoms with Crippen LogP contribution in [0.3, 0.4) is 0 Å². The Hall–Kier alpha value is -2.12. The normalized spacial score (nSPS) is 15.3. The van der Waals surface area contributed by atoms with E-state index >= 15 is 0 Å². The van der Waals surface area contributed by atoms with Gasteiger partial charge in [0.25, 0.3) is 11.5 Å². The SMILES string of the molecule is CCC(O)c1cc2n(n1)CCN(C(=O)c1cc(Cl)c[nH]c1=O)C2. The Labute approximate surface area is 137 Å². The van der Waals surface area contributed by atoms with Gasteiger partial charge in [-0.15, -0.1) is 0 Å². The van der Waals surface area contributed by atoms with Crippen LogP contribution >= 0.6 is 11.6 Å². The van der Waals surface area contributed by atoms with Crippen LogP contribution in [0.1, 0.15) is 41.2 Å². The highest BCUT2D eigenvalue weighted by Crippen LogP contribution is 2.21. The van der Waals surface area contributed by atoms with Crippen LogP contribution in [0.5, 0.6) is 0 Å². The average molecular weight is 337 g/mol. The van der Waals surface area contributed by atoms with Crippen molar-refractivity contribution in [2.24, 2.45) is 0 Å². The lowest BCUT2D eigenvalue weighted by Crippen LogP contribution is -2.40. The van der Waals surface area contributed by atoms with Crippen LogP contribution in [-0.2, 0) is 13.1 Å². The molecule has 1 atom stereocenters. The van der Waals surface area contributed by atoms with Gasteiger partial charge in [0.15, 0.2) is 0 Å². The highest BCUT2D eigenvalue weighted by molar-refractivity contribution is 6.30. The number of aliphatic hydroxyl groups excluding tert-OH is 1. The molecule has 23 heavy (non-hydrogen) atoms. The minimum atomic E-state index is -0.604. The van der Waals surface area contributed by atoms with Crippen molar-refractivity contribution in [1.82, 2.24) is 19.7 Å². The second-order valence-corrected chi connectivity index (χ2v) is 5.93. The number of hydrogen-bond acceptors (Lipinski definition) is 4. The Morgan fingerprint density at radius 2 is 2.26 bits per heavy atom. The van der Waals surface area contributed by atoms with Crippen molar-refractivity contribution < 1.29 is 9.90 Å². The fourth-order valence-electron chi connectivity index (χ4n) is 2.62. The highest BCUT2D eigenvalue weighted by Gasteiger charge is 2.26. The molecule has 3 heterocycles. The molecule has 0 saturated heterocycles. The van der Waals surface area contributed by atoms with E-state index in [0.29, 0.717) is 36.8 Å². The summed E-state index contributed by atoms with van der Waals surface area (Å²) >= 11 is 5.85. The minimum absolute atomic E-state index is 0.0271. The molecule has 0 saturated carbocycles. The number of carbonyl (C=O) groups is 1. The summed E-state index contributed by atoms with van der Waals surface area (Å²) in [5, 5.41) is 14.6. The molecule has 7 nitrogen and oxygen atoms in total. The Kier molecular flexibility index (Phi) is 4.23. The van der Waals surface area contributed by atoms with E-state index in [9.17, 15) is 14.7 Å². The molecule has 2 aromatic heterocycles. The van der Waals surface area contributed by atoms with Crippen molar-refractivity contribution in [2.45, 2.75) is 32.5 Å². The number of hydrogen-bond donors (Lipinski definition) is 2. The van der Waals surface area contributed by atoms with Gasteiger partial charge in [-0.2, -0.15) is 5.10 Å². The standard InChI is InChI=1S/C15H17ClN4O3/c1-2-13(21)12-6-10-8-19(3-4-20(10)18-12)15(23)11-5-9(16)7-17-14(11)22/h5-7,13,21H,2-4,8H2,1H3,(H,17,22). The van der Waals surface area contributed by atoms with Gasteiger partial charge in [-0.1, -0.05) is 18.5 Å². The average Bonchev–Trinajstić information content (AvgIpc) is 2.98. The van der Waals surface area contributed by atoms with Crippen molar-refractivity contribution >= 4 is 17.5 Å². The van der Waals surface area contributed by atoms with Crippen molar-refractivity contribution in [3.8, 4) is 0 Å². The van der Waals surface area contributed by atoms with Crippen LogP contribution in [0.2, 0.25) is 5.02 Å². The zero-order valence-electron chi connectivity index (χ0n) is 12.6. The van der Waals surface area contributed by atoms with E-state index in [2.05, 4.69) is 10.1 Å². The molecule has 8 heteroatoms. The number of aliphatic hydroxyl groups is 1. The molecule has 0 radical (unpaired) electrons. The van der Waals surface area contributed by atoms with Gasteiger partial charge in [-0.3, -0.25) is 14.3 Å². The third kappa shape index (κ3) is 3.02. The third-order valence-corrected chi connectivity index (χ3v) is 4.15. The molecule has 1 unspecified atom stereocenters. The maximum absolute atomic E-state index is 12.5. The van der Waals surface area contributed by atoms with Gasteiger partial charge in [0.2, 0.25) is 0 Å². The van der Waals surface area contributed by atoms with E-state index < -0.39 is 11.7 Å². The number of aromatic nitrogens is 3. The van der Waals surface area contributed by atoms with Crippen molar-refractivity contribution in [2.75, 3.05) is 6.54 Å². The summed E-state index contributed by atoms with van der Waals surface area (Å²) in [5.41, 5.74) is 1.02. The number of amides is 1. The van der Waals surface area contributed by atoms with E-state index in [-0.39, 0.29) is 11.5 Å². The topological polar surface area (TPSA) is 91.2 Å². The molecular weight excluding hydrogens is 320 g/mol. The number of pyridine rings is 1. The number of H-pyrrole nitrogens is 1. The largest absolute Gasteiger partial charge is 0.387 e. The van der Waals surface area contributed by atoms with Gasteiger partial charge < -0.3 is 15.0 Å². The highest BCUT2D eigenvalue weighted by atomic mass is 35.5. The molecular formula is C15H17ClN4O3. The first-order chi connectivity index (χ1) is 11.0. The molecule has 0 fully saturated rings. The molecule has 0 aliphatic carbocycles. The Bertz CT molecular complexity index is 798. The first-order valence-electron chi connectivity index (χ1n) is 7.41.